The maximum absolute atomic E-state index is 4.35. The fraction of sp³-hybridized carbons (Fsp3) is 0.625. The molecule has 4 heteroatoms. The van der Waals surface area contributed by atoms with Crippen LogP contribution in [0.4, 0.5) is 0 Å². The molecule has 1 heterocycles. The summed E-state index contributed by atoms with van der Waals surface area (Å²) in [6.45, 7) is 6.34. The van der Waals surface area contributed by atoms with E-state index in [0.717, 1.165) is 10.9 Å². The van der Waals surface area contributed by atoms with E-state index in [1.165, 1.54) is 11.8 Å². The summed E-state index contributed by atoms with van der Waals surface area (Å²) in [5, 5.41) is 8.50. The Kier molecular flexibility index (Phi) is 2.67. The van der Waals surface area contributed by atoms with Gasteiger partial charge in [0.2, 0.25) is 5.16 Å². The van der Waals surface area contributed by atoms with Crippen LogP contribution in [-0.4, -0.2) is 21.4 Å². The predicted octanol–water partition coefficient (Wildman–Crippen LogP) is 1.89. The zero-order valence-corrected chi connectivity index (χ0v) is 8.64. The maximum atomic E-state index is 4.35. The molecule has 0 fully saturated rings. The first-order valence-electron chi connectivity index (χ1n) is 3.78. The first-order chi connectivity index (χ1) is 5.54. The van der Waals surface area contributed by atoms with Gasteiger partial charge in [0.25, 0.3) is 0 Å². The van der Waals surface area contributed by atoms with Crippen molar-refractivity contribution in [1.82, 2.24) is 15.2 Å². The lowest BCUT2D eigenvalue weighted by atomic mass is 9.93. The highest BCUT2D eigenvalue weighted by Gasteiger charge is 2.16. The van der Waals surface area contributed by atoms with Crippen LogP contribution in [0.3, 0.4) is 0 Å². The van der Waals surface area contributed by atoms with Gasteiger partial charge in [0.05, 0.1) is 11.9 Å². The largest absolute Gasteiger partial charge is 0.224 e. The van der Waals surface area contributed by atoms with E-state index >= 15 is 0 Å². The topological polar surface area (TPSA) is 38.7 Å². The van der Waals surface area contributed by atoms with E-state index in [1.54, 1.807) is 6.20 Å². The van der Waals surface area contributed by atoms with Gasteiger partial charge >= 0.3 is 0 Å². The van der Waals surface area contributed by atoms with Crippen molar-refractivity contribution >= 4 is 11.8 Å². The fourth-order valence-corrected chi connectivity index (χ4v) is 1.05. The number of hydrogen-bond donors (Lipinski definition) is 0. The summed E-state index contributed by atoms with van der Waals surface area (Å²) < 4.78 is 0. The number of rotatable bonds is 1. The third-order valence-corrected chi connectivity index (χ3v) is 2.03. The number of aromatic nitrogens is 3. The van der Waals surface area contributed by atoms with Gasteiger partial charge in [-0.2, -0.15) is 5.10 Å². The highest BCUT2D eigenvalue weighted by molar-refractivity contribution is 7.98. The lowest BCUT2D eigenvalue weighted by Crippen LogP contribution is -2.14. The molecule has 0 spiro atoms. The van der Waals surface area contributed by atoms with Crippen LogP contribution in [0.1, 0.15) is 26.5 Å². The van der Waals surface area contributed by atoms with E-state index in [0.29, 0.717) is 0 Å². The van der Waals surface area contributed by atoms with Crippen LogP contribution in [0.2, 0.25) is 0 Å². The van der Waals surface area contributed by atoms with Gasteiger partial charge in [0.15, 0.2) is 0 Å². The molecule has 0 saturated heterocycles. The van der Waals surface area contributed by atoms with Crippen molar-refractivity contribution in [2.75, 3.05) is 6.26 Å². The SMILES string of the molecule is CSc1nncc(C(C)(C)C)n1. The van der Waals surface area contributed by atoms with E-state index < -0.39 is 0 Å². The Morgan fingerprint density at radius 1 is 1.33 bits per heavy atom. The van der Waals surface area contributed by atoms with Crippen molar-refractivity contribution in [3.05, 3.63) is 11.9 Å². The Labute approximate surface area is 77.0 Å². The van der Waals surface area contributed by atoms with Crippen molar-refractivity contribution in [2.45, 2.75) is 31.3 Å². The average molecular weight is 183 g/mol. The van der Waals surface area contributed by atoms with Crippen molar-refractivity contribution in [2.24, 2.45) is 0 Å². The summed E-state index contributed by atoms with van der Waals surface area (Å²) in [7, 11) is 0. The normalized spacial score (nSPS) is 11.7. The second-order valence-electron chi connectivity index (χ2n) is 3.58. The van der Waals surface area contributed by atoms with E-state index in [9.17, 15) is 0 Å². The molecule has 1 aromatic rings. The molecule has 12 heavy (non-hydrogen) atoms. The van der Waals surface area contributed by atoms with Gasteiger partial charge < -0.3 is 0 Å². The average Bonchev–Trinajstić information content (AvgIpc) is 2.03. The molecule has 1 rings (SSSR count). The van der Waals surface area contributed by atoms with Crippen LogP contribution in [0.15, 0.2) is 11.4 Å². The minimum atomic E-state index is 0.0560. The number of thioether (sulfide) groups is 1. The summed E-state index contributed by atoms with van der Waals surface area (Å²) in [6, 6.07) is 0. The van der Waals surface area contributed by atoms with Gasteiger partial charge in [-0.3, -0.25) is 0 Å². The minimum Gasteiger partial charge on any atom is -0.224 e. The van der Waals surface area contributed by atoms with Crippen LogP contribution in [0.25, 0.3) is 0 Å². The molecule has 0 radical (unpaired) electrons. The molecule has 0 N–H and O–H groups in total. The minimum absolute atomic E-state index is 0.0560. The van der Waals surface area contributed by atoms with Crippen LogP contribution >= 0.6 is 11.8 Å². The quantitative estimate of drug-likeness (QED) is 0.623. The first-order valence-corrected chi connectivity index (χ1v) is 5.00. The summed E-state index contributed by atoms with van der Waals surface area (Å²) in [5.41, 5.74) is 1.04. The molecule has 3 nitrogen and oxygen atoms in total. The first kappa shape index (κ1) is 9.45. The molecule has 0 unspecified atom stereocenters. The number of nitrogens with zero attached hydrogens (tertiary/aromatic N) is 3. The molecule has 0 aliphatic heterocycles. The third kappa shape index (κ3) is 2.17. The van der Waals surface area contributed by atoms with Crippen LogP contribution < -0.4 is 0 Å². The van der Waals surface area contributed by atoms with Crippen LogP contribution in [0.5, 0.6) is 0 Å². The maximum Gasteiger partial charge on any atom is 0.209 e. The van der Waals surface area contributed by atoms with Crippen LogP contribution in [-0.2, 0) is 5.41 Å². The van der Waals surface area contributed by atoms with Gasteiger partial charge in [0, 0.05) is 5.41 Å². The van der Waals surface area contributed by atoms with Crippen LogP contribution in [0, 0.1) is 0 Å². The molecule has 0 aromatic carbocycles. The van der Waals surface area contributed by atoms with Gasteiger partial charge in [-0.15, -0.1) is 5.10 Å². The zero-order valence-electron chi connectivity index (χ0n) is 7.83. The van der Waals surface area contributed by atoms with Gasteiger partial charge in [0.1, 0.15) is 0 Å². The Balaban J connectivity index is 3.02. The smallest absolute Gasteiger partial charge is 0.209 e. The van der Waals surface area contributed by atoms with Gasteiger partial charge in [-0.05, 0) is 6.26 Å². The highest BCUT2D eigenvalue weighted by atomic mass is 32.2. The Hall–Kier alpha value is -0.640. The summed E-state index contributed by atoms with van der Waals surface area (Å²) in [4.78, 5) is 4.35. The lowest BCUT2D eigenvalue weighted by molar-refractivity contribution is 0.548. The van der Waals surface area contributed by atoms with Gasteiger partial charge in [-0.25, -0.2) is 4.98 Å². The summed E-state index contributed by atoms with van der Waals surface area (Å²) >= 11 is 1.51. The molecule has 0 bridgehead atoms. The van der Waals surface area contributed by atoms with Crippen molar-refractivity contribution in [3.63, 3.8) is 0 Å². The Morgan fingerprint density at radius 3 is 2.50 bits per heavy atom. The molecule has 0 saturated carbocycles. The fourth-order valence-electron chi connectivity index (χ4n) is 0.735. The lowest BCUT2D eigenvalue weighted by Gasteiger charge is -2.16. The molecule has 1 aromatic heterocycles. The van der Waals surface area contributed by atoms with Crippen molar-refractivity contribution < 1.29 is 0 Å². The Bertz CT molecular complexity index is 267. The second-order valence-corrected chi connectivity index (χ2v) is 4.35. The van der Waals surface area contributed by atoms with E-state index in [2.05, 4.69) is 36.0 Å². The molecule has 0 atom stereocenters. The Morgan fingerprint density at radius 2 is 2.00 bits per heavy atom. The zero-order chi connectivity index (χ0) is 9.19. The van der Waals surface area contributed by atoms with Gasteiger partial charge in [-0.1, -0.05) is 32.5 Å². The molecule has 0 aliphatic rings. The standard InChI is InChI=1S/C8H13N3S/c1-8(2,3)6-5-9-11-7(10-6)12-4/h5H,1-4H3. The molecule has 66 valence electrons. The third-order valence-electron chi connectivity index (χ3n) is 1.49. The summed E-state index contributed by atoms with van der Waals surface area (Å²) in [5.74, 6) is 0. The van der Waals surface area contributed by atoms with E-state index in [4.69, 9.17) is 0 Å². The molecule has 0 amide bonds. The van der Waals surface area contributed by atoms with E-state index in [-0.39, 0.29) is 5.41 Å². The van der Waals surface area contributed by atoms with Crippen molar-refractivity contribution in [1.29, 1.82) is 0 Å². The van der Waals surface area contributed by atoms with Crippen molar-refractivity contribution in [3.8, 4) is 0 Å². The molecular formula is C8H13N3S. The van der Waals surface area contributed by atoms with E-state index in [1.807, 2.05) is 6.26 Å². The molecular weight excluding hydrogens is 170 g/mol. The summed E-state index contributed by atoms with van der Waals surface area (Å²) in [6.07, 6.45) is 3.67. The highest BCUT2D eigenvalue weighted by Crippen LogP contribution is 2.19. The molecule has 0 aliphatic carbocycles. The monoisotopic (exact) mass is 183 g/mol. The predicted molar refractivity (Wildman–Crippen MR) is 50.3 cm³/mol. The second kappa shape index (κ2) is 3.39. The number of hydrogen-bond acceptors (Lipinski definition) is 4.